The second-order valence-electron chi connectivity index (χ2n) is 5.83. The molecule has 0 spiro atoms. The zero-order valence-corrected chi connectivity index (χ0v) is 12.3. The van der Waals surface area contributed by atoms with E-state index in [1.807, 2.05) is 19.3 Å². The van der Waals surface area contributed by atoms with Crippen LogP contribution in [0.1, 0.15) is 44.9 Å². The third kappa shape index (κ3) is 4.32. The predicted octanol–water partition coefficient (Wildman–Crippen LogP) is 1.98. The van der Waals surface area contributed by atoms with E-state index in [0.717, 1.165) is 25.2 Å². The van der Waals surface area contributed by atoms with Crippen molar-refractivity contribution in [3.63, 3.8) is 0 Å². The highest BCUT2D eigenvalue weighted by molar-refractivity contribution is 4.92. The molecule has 1 aliphatic heterocycles. The summed E-state index contributed by atoms with van der Waals surface area (Å²) in [5.74, 6) is 1.15. The maximum absolute atomic E-state index is 9.67. The smallest absolute Gasteiger partial charge is 0.109 e. The second-order valence-corrected chi connectivity index (χ2v) is 5.83. The minimum Gasteiger partial charge on any atom is -0.393 e. The van der Waals surface area contributed by atoms with Gasteiger partial charge in [0.25, 0.3) is 0 Å². The number of hydrogen-bond donors (Lipinski definition) is 1. The van der Waals surface area contributed by atoms with Crippen molar-refractivity contribution in [1.29, 1.82) is 0 Å². The van der Waals surface area contributed by atoms with Gasteiger partial charge in [0.1, 0.15) is 5.82 Å². The Kier molecular flexibility index (Phi) is 5.40. The van der Waals surface area contributed by atoms with Crippen LogP contribution in [0, 0.1) is 0 Å². The first-order valence-corrected chi connectivity index (χ1v) is 7.55. The minimum atomic E-state index is -0.196. The molecular weight excluding hydrogens is 238 g/mol. The standard InChI is InChI=1S/C15H27N3O/c1-13(19)12-14-6-4-3-5-9-18(14)10-7-15-16-8-11-17(15)2/h8,11,13-14,19H,3-7,9-10,12H2,1-2H3. The summed E-state index contributed by atoms with van der Waals surface area (Å²) in [6, 6.07) is 0.544. The molecule has 1 aliphatic rings. The number of rotatable bonds is 5. The van der Waals surface area contributed by atoms with Crippen LogP contribution in [0.2, 0.25) is 0 Å². The Hall–Kier alpha value is -0.870. The summed E-state index contributed by atoms with van der Waals surface area (Å²) in [6.45, 7) is 4.13. The Morgan fingerprint density at radius 2 is 2.26 bits per heavy atom. The van der Waals surface area contributed by atoms with Gasteiger partial charge in [-0.1, -0.05) is 12.8 Å². The molecule has 0 aromatic carbocycles. The van der Waals surface area contributed by atoms with Crippen LogP contribution in [0.4, 0.5) is 0 Å². The van der Waals surface area contributed by atoms with Crippen LogP contribution < -0.4 is 0 Å². The molecule has 1 aromatic heterocycles. The van der Waals surface area contributed by atoms with E-state index in [-0.39, 0.29) is 6.10 Å². The van der Waals surface area contributed by atoms with E-state index >= 15 is 0 Å². The van der Waals surface area contributed by atoms with E-state index in [2.05, 4.69) is 21.5 Å². The predicted molar refractivity (Wildman–Crippen MR) is 77.0 cm³/mol. The largest absolute Gasteiger partial charge is 0.393 e. The Labute approximate surface area is 116 Å². The van der Waals surface area contributed by atoms with E-state index < -0.39 is 0 Å². The number of aryl methyl sites for hydroxylation is 1. The van der Waals surface area contributed by atoms with E-state index in [1.165, 1.54) is 32.2 Å². The number of aliphatic hydroxyl groups is 1. The summed E-state index contributed by atoms with van der Waals surface area (Å²) in [5, 5.41) is 9.67. The van der Waals surface area contributed by atoms with Gasteiger partial charge in [-0.3, -0.25) is 4.90 Å². The van der Waals surface area contributed by atoms with Crippen molar-refractivity contribution < 1.29 is 5.11 Å². The molecule has 0 bridgehead atoms. The molecule has 2 atom stereocenters. The van der Waals surface area contributed by atoms with Crippen LogP contribution in [0.5, 0.6) is 0 Å². The van der Waals surface area contributed by atoms with Crippen molar-refractivity contribution in [2.75, 3.05) is 13.1 Å². The molecule has 1 saturated heterocycles. The van der Waals surface area contributed by atoms with E-state index in [0.29, 0.717) is 6.04 Å². The topological polar surface area (TPSA) is 41.3 Å². The van der Waals surface area contributed by atoms with Crippen molar-refractivity contribution in [1.82, 2.24) is 14.5 Å². The lowest BCUT2D eigenvalue weighted by Gasteiger charge is -2.30. The van der Waals surface area contributed by atoms with Crippen molar-refractivity contribution in [2.45, 2.75) is 57.6 Å². The molecule has 2 rings (SSSR count). The van der Waals surface area contributed by atoms with Gasteiger partial charge in [-0.25, -0.2) is 4.98 Å². The quantitative estimate of drug-likeness (QED) is 0.885. The second kappa shape index (κ2) is 7.06. The van der Waals surface area contributed by atoms with Crippen LogP contribution >= 0.6 is 0 Å². The Morgan fingerprint density at radius 3 is 2.95 bits per heavy atom. The Morgan fingerprint density at radius 1 is 1.42 bits per heavy atom. The lowest BCUT2D eigenvalue weighted by atomic mass is 10.0. The van der Waals surface area contributed by atoms with Gasteiger partial charge >= 0.3 is 0 Å². The maximum atomic E-state index is 9.67. The first kappa shape index (κ1) is 14.5. The van der Waals surface area contributed by atoms with Gasteiger partial charge in [-0.2, -0.15) is 0 Å². The summed E-state index contributed by atoms with van der Waals surface area (Å²) < 4.78 is 2.10. The van der Waals surface area contributed by atoms with Crippen LogP contribution in [-0.4, -0.2) is 44.8 Å². The average Bonchev–Trinajstić information content (AvgIpc) is 2.64. The van der Waals surface area contributed by atoms with Gasteiger partial charge in [0.2, 0.25) is 0 Å². The average molecular weight is 265 g/mol. The van der Waals surface area contributed by atoms with Crippen molar-refractivity contribution in [2.24, 2.45) is 7.05 Å². The van der Waals surface area contributed by atoms with Gasteiger partial charge in [0.05, 0.1) is 6.10 Å². The lowest BCUT2D eigenvalue weighted by molar-refractivity contribution is 0.113. The van der Waals surface area contributed by atoms with Crippen molar-refractivity contribution in [3.05, 3.63) is 18.2 Å². The Balaban J connectivity index is 1.92. The summed E-state index contributed by atoms with van der Waals surface area (Å²) in [7, 11) is 2.05. The molecule has 0 amide bonds. The fourth-order valence-corrected chi connectivity index (χ4v) is 3.07. The van der Waals surface area contributed by atoms with Gasteiger partial charge < -0.3 is 9.67 Å². The number of aromatic nitrogens is 2. The summed E-state index contributed by atoms with van der Waals surface area (Å²) >= 11 is 0. The Bertz CT molecular complexity index is 375. The molecule has 0 radical (unpaired) electrons. The van der Waals surface area contributed by atoms with Crippen molar-refractivity contribution >= 4 is 0 Å². The van der Waals surface area contributed by atoms with Gasteiger partial charge in [0, 0.05) is 38.4 Å². The highest BCUT2D eigenvalue weighted by atomic mass is 16.3. The highest BCUT2D eigenvalue weighted by Gasteiger charge is 2.22. The lowest BCUT2D eigenvalue weighted by Crippen LogP contribution is -2.38. The number of imidazole rings is 1. The molecule has 1 N–H and O–H groups in total. The highest BCUT2D eigenvalue weighted by Crippen LogP contribution is 2.20. The van der Waals surface area contributed by atoms with E-state index in [9.17, 15) is 5.11 Å². The van der Waals surface area contributed by atoms with Crippen LogP contribution in [-0.2, 0) is 13.5 Å². The third-order valence-electron chi connectivity index (χ3n) is 4.16. The molecule has 0 aliphatic carbocycles. The summed E-state index contributed by atoms with van der Waals surface area (Å²) in [4.78, 5) is 6.96. The van der Waals surface area contributed by atoms with Crippen LogP contribution in [0.3, 0.4) is 0 Å². The first-order valence-electron chi connectivity index (χ1n) is 7.55. The van der Waals surface area contributed by atoms with Gasteiger partial charge in [0.15, 0.2) is 0 Å². The molecule has 19 heavy (non-hydrogen) atoms. The summed E-state index contributed by atoms with van der Waals surface area (Å²) in [5.41, 5.74) is 0. The SMILES string of the molecule is CC(O)CC1CCCCCN1CCc1nccn1C. The van der Waals surface area contributed by atoms with E-state index in [1.54, 1.807) is 0 Å². The molecule has 1 aromatic rings. The van der Waals surface area contributed by atoms with Crippen LogP contribution in [0.25, 0.3) is 0 Å². The normalized spacial score (nSPS) is 23.2. The van der Waals surface area contributed by atoms with E-state index in [4.69, 9.17) is 0 Å². The molecule has 2 heterocycles. The number of nitrogens with zero attached hydrogens (tertiary/aromatic N) is 3. The van der Waals surface area contributed by atoms with Crippen molar-refractivity contribution in [3.8, 4) is 0 Å². The maximum Gasteiger partial charge on any atom is 0.109 e. The zero-order valence-electron chi connectivity index (χ0n) is 12.3. The fourth-order valence-electron chi connectivity index (χ4n) is 3.07. The third-order valence-corrected chi connectivity index (χ3v) is 4.16. The molecule has 0 saturated carbocycles. The summed E-state index contributed by atoms with van der Waals surface area (Å²) in [6.07, 6.45) is 10.7. The van der Waals surface area contributed by atoms with Gasteiger partial charge in [-0.15, -0.1) is 0 Å². The monoisotopic (exact) mass is 265 g/mol. The minimum absolute atomic E-state index is 0.196. The fraction of sp³-hybridized carbons (Fsp3) is 0.800. The number of likely N-dealkylation sites (tertiary alicyclic amines) is 1. The molecular formula is C15H27N3O. The number of hydrogen-bond acceptors (Lipinski definition) is 3. The van der Waals surface area contributed by atoms with Crippen LogP contribution in [0.15, 0.2) is 12.4 Å². The van der Waals surface area contributed by atoms with Gasteiger partial charge in [-0.05, 0) is 32.7 Å². The molecule has 1 fully saturated rings. The molecule has 4 heteroatoms. The molecule has 4 nitrogen and oxygen atoms in total. The molecule has 2 unspecified atom stereocenters. The first-order chi connectivity index (χ1) is 9.16. The zero-order chi connectivity index (χ0) is 13.7. The number of aliphatic hydroxyl groups excluding tert-OH is 1. The molecule has 108 valence electrons.